The number of furan rings is 1. The van der Waals surface area contributed by atoms with Gasteiger partial charge < -0.3 is 14.2 Å². The number of hydrogen-bond acceptors (Lipinski definition) is 6. The van der Waals surface area contributed by atoms with Gasteiger partial charge in [0.05, 0.1) is 16.8 Å². The molecule has 0 saturated carbocycles. The van der Waals surface area contributed by atoms with E-state index in [4.69, 9.17) is 4.42 Å². The minimum Gasteiger partial charge on any atom is -0.452 e. The van der Waals surface area contributed by atoms with Gasteiger partial charge in [-0.25, -0.2) is 4.39 Å². The highest BCUT2D eigenvalue weighted by Gasteiger charge is 2.24. The highest BCUT2D eigenvalue weighted by molar-refractivity contribution is 5.94. The highest BCUT2D eigenvalue weighted by Crippen LogP contribution is 2.35. The summed E-state index contributed by atoms with van der Waals surface area (Å²) in [5.41, 5.74) is 5.15. The number of rotatable bonds is 4. The van der Waals surface area contributed by atoms with Crippen molar-refractivity contribution in [1.29, 1.82) is 5.26 Å². The molecule has 0 unspecified atom stereocenters. The molecule has 0 N–H and O–H groups in total. The topological polar surface area (TPSA) is 86.3 Å². The van der Waals surface area contributed by atoms with Crippen LogP contribution in [0.25, 0.3) is 33.7 Å². The lowest BCUT2D eigenvalue weighted by Gasteiger charge is -2.19. The van der Waals surface area contributed by atoms with Crippen LogP contribution in [0, 0.1) is 11.3 Å². The van der Waals surface area contributed by atoms with Crippen LogP contribution in [-0.2, 0) is 0 Å². The molecule has 1 amide bonds. The van der Waals surface area contributed by atoms with Gasteiger partial charge >= 0.3 is 0 Å². The number of nitriles is 1. The quantitative estimate of drug-likeness (QED) is 0.444. The number of alkyl halides is 1. The molecule has 1 aromatic carbocycles. The summed E-state index contributed by atoms with van der Waals surface area (Å²) in [6.07, 6.45) is 2.83. The van der Waals surface area contributed by atoms with E-state index in [1.165, 1.54) is 11.1 Å². The van der Waals surface area contributed by atoms with Gasteiger partial charge in [0, 0.05) is 51.2 Å². The molecule has 0 aliphatic carbocycles. The minimum absolute atomic E-state index is 0.125. The van der Waals surface area contributed by atoms with Crippen molar-refractivity contribution in [3.05, 3.63) is 66.0 Å². The molecule has 7 nitrogen and oxygen atoms in total. The average Bonchev–Trinajstić information content (AvgIpc) is 3.49. The van der Waals surface area contributed by atoms with E-state index in [1.807, 2.05) is 23.1 Å². The molecule has 0 bridgehead atoms. The second-order valence-electron chi connectivity index (χ2n) is 8.49. The lowest BCUT2D eigenvalue weighted by Crippen LogP contribution is -2.21. The molecule has 0 spiro atoms. The summed E-state index contributed by atoms with van der Waals surface area (Å²) in [5.74, 6) is 0.405. The number of hydrogen-bond donors (Lipinski definition) is 0. The number of benzene rings is 1. The summed E-state index contributed by atoms with van der Waals surface area (Å²) in [7, 11) is 3.38. The number of nitrogens with zero attached hydrogens (tertiary/aromatic N) is 5. The van der Waals surface area contributed by atoms with E-state index in [0.29, 0.717) is 53.2 Å². The maximum atomic E-state index is 13.7. The zero-order valence-corrected chi connectivity index (χ0v) is 18.8. The lowest BCUT2D eigenvalue weighted by molar-refractivity contribution is 0.0827. The number of carbonyl (C=O) groups excluding carboxylic acids is 1. The van der Waals surface area contributed by atoms with Crippen molar-refractivity contribution < 1.29 is 13.6 Å². The van der Waals surface area contributed by atoms with Crippen LogP contribution in [0.15, 0.2) is 59.3 Å². The normalized spacial score (nSPS) is 15.5. The Bertz CT molecular complexity index is 1420. The number of anilines is 1. The molecule has 1 aliphatic heterocycles. The van der Waals surface area contributed by atoms with E-state index in [2.05, 4.69) is 16.0 Å². The predicted octanol–water partition coefficient (Wildman–Crippen LogP) is 4.68. The van der Waals surface area contributed by atoms with E-state index in [-0.39, 0.29) is 5.91 Å². The predicted molar refractivity (Wildman–Crippen MR) is 127 cm³/mol. The summed E-state index contributed by atoms with van der Waals surface area (Å²) < 4.78 is 19.8. The van der Waals surface area contributed by atoms with Crippen LogP contribution in [0.5, 0.6) is 0 Å². The van der Waals surface area contributed by atoms with Crippen molar-refractivity contribution in [3.8, 4) is 28.7 Å². The summed E-state index contributed by atoms with van der Waals surface area (Å²) in [4.78, 5) is 24.3. The summed E-state index contributed by atoms with van der Waals surface area (Å²) in [6.45, 7) is 0.906. The third-order valence-corrected chi connectivity index (χ3v) is 5.98. The number of halogens is 1. The molecule has 4 heterocycles. The zero-order valence-electron chi connectivity index (χ0n) is 18.8. The Labute approximate surface area is 196 Å². The van der Waals surface area contributed by atoms with Crippen molar-refractivity contribution >= 4 is 22.7 Å². The van der Waals surface area contributed by atoms with Gasteiger partial charge in [0.25, 0.3) is 5.91 Å². The fraction of sp³-hybridized carbons (Fsp3) is 0.231. The monoisotopic (exact) mass is 455 g/mol. The first-order valence-corrected chi connectivity index (χ1v) is 10.9. The fourth-order valence-corrected chi connectivity index (χ4v) is 4.22. The van der Waals surface area contributed by atoms with Crippen molar-refractivity contribution in [2.75, 3.05) is 32.1 Å². The summed E-state index contributed by atoms with van der Waals surface area (Å²) >= 11 is 0. The van der Waals surface area contributed by atoms with Crippen molar-refractivity contribution in [2.24, 2.45) is 0 Å². The molecule has 0 radical (unpaired) electrons. The van der Waals surface area contributed by atoms with E-state index < -0.39 is 6.17 Å². The largest absolute Gasteiger partial charge is 0.452 e. The molecule has 5 rings (SSSR count). The number of carbonyl (C=O) groups is 1. The Balaban J connectivity index is 1.51. The molecule has 170 valence electrons. The zero-order chi connectivity index (χ0) is 23.8. The van der Waals surface area contributed by atoms with Gasteiger partial charge in [0.15, 0.2) is 11.3 Å². The van der Waals surface area contributed by atoms with Crippen LogP contribution >= 0.6 is 0 Å². The molecular formula is C26H22FN5O2. The average molecular weight is 455 g/mol. The molecule has 1 saturated heterocycles. The Morgan fingerprint density at radius 1 is 1.21 bits per heavy atom. The first kappa shape index (κ1) is 21.6. The third-order valence-electron chi connectivity index (χ3n) is 5.98. The molecule has 1 atom stereocenters. The third kappa shape index (κ3) is 3.86. The van der Waals surface area contributed by atoms with Gasteiger partial charge in [-0.1, -0.05) is 6.07 Å². The molecule has 4 aromatic rings. The maximum absolute atomic E-state index is 13.7. The van der Waals surface area contributed by atoms with E-state index in [1.54, 1.807) is 44.6 Å². The molecule has 3 aromatic heterocycles. The van der Waals surface area contributed by atoms with Gasteiger partial charge in [0.1, 0.15) is 23.5 Å². The van der Waals surface area contributed by atoms with Gasteiger partial charge in [-0.2, -0.15) is 5.26 Å². The van der Waals surface area contributed by atoms with Crippen LogP contribution in [0.2, 0.25) is 0 Å². The van der Waals surface area contributed by atoms with Crippen molar-refractivity contribution in [2.45, 2.75) is 12.6 Å². The fourth-order valence-electron chi connectivity index (χ4n) is 4.22. The van der Waals surface area contributed by atoms with Crippen LogP contribution in [-0.4, -0.2) is 54.1 Å². The summed E-state index contributed by atoms with van der Waals surface area (Å²) in [5, 5.41) is 9.74. The van der Waals surface area contributed by atoms with Gasteiger partial charge in [0.2, 0.25) is 0 Å². The van der Waals surface area contributed by atoms with Gasteiger partial charge in [-0.15, -0.1) is 0 Å². The van der Waals surface area contributed by atoms with E-state index >= 15 is 0 Å². The Morgan fingerprint density at radius 2 is 2.06 bits per heavy atom. The van der Waals surface area contributed by atoms with Gasteiger partial charge in [-0.05, 0) is 42.3 Å². The van der Waals surface area contributed by atoms with Crippen LogP contribution in [0.1, 0.15) is 22.3 Å². The van der Waals surface area contributed by atoms with Crippen molar-refractivity contribution in [3.63, 3.8) is 0 Å². The second kappa shape index (κ2) is 8.60. The van der Waals surface area contributed by atoms with Crippen LogP contribution in [0.3, 0.4) is 0 Å². The molecular weight excluding hydrogens is 433 g/mol. The van der Waals surface area contributed by atoms with Crippen LogP contribution in [0.4, 0.5) is 10.1 Å². The Morgan fingerprint density at radius 3 is 2.74 bits per heavy atom. The number of pyridine rings is 2. The molecule has 8 heteroatoms. The first-order chi connectivity index (χ1) is 16.4. The Hall–Kier alpha value is -4.25. The lowest BCUT2D eigenvalue weighted by atomic mass is 10.0. The molecule has 1 fully saturated rings. The minimum atomic E-state index is -0.865. The molecule has 1 aliphatic rings. The standard InChI is InChI=1S/C26H22FN5O2/c1-31(2)26(33)17-3-5-21(30-14-17)24-12-22-25(34-24)20(7-9-29-22)16-4-6-23(18(11-16)13-28)32-10-8-19(27)15-32/h3-7,9,11-12,14,19H,8,10,15H2,1-2H3/t19-/m0/s1. The van der Waals surface area contributed by atoms with Crippen molar-refractivity contribution in [1.82, 2.24) is 14.9 Å². The number of aromatic nitrogens is 2. The Kier molecular flexibility index (Phi) is 5.46. The second-order valence-corrected chi connectivity index (χ2v) is 8.49. The smallest absolute Gasteiger partial charge is 0.254 e. The van der Waals surface area contributed by atoms with E-state index in [0.717, 1.165) is 16.8 Å². The number of amides is 1. The highest BCUT2D eigenvalue weighted by atomic mass is 19.1. The summed E-state index contributed by atoms with van der Waals surface area (Å²) in [6, 6.07) is 14.9. The first-order valence-electron chi connectivity index (χ1n) is 10.9. The van der Waals surface area contributed by atoms with Crippen LogP contribution < -0.4 is 4.90 Å². The molecule has 34 heavy (non-hydrogen) atoms. The van der Waals surface area contributed by atoms with Gasteiger partial charge in [-0.3, -0.25) is 14.8 Å². The SMILES string of the molecule is CN(C)C(=O)c1ccc(-c2cc3nccc(-c4ccc(N5CC[C@H](F)C5)c(C#N)c4)c3o2)nc1. The maximum Gasteiger partial charge on any atom is 0.254 e. The number of fused-ring (bicyclic) bond motifs is 1. The van der Waals surface area contributed by atoms with E-state index in [9.17, 15) is 14.4 Å².